The van der Waals surface area contributed by atoms with Crippen molar-refractivity contribution in [2.75, 3.05) is 7.11 Å². The monoisotopic (exact) mass is 212 g/mol. The second-order valence-electron chi connectivity index (χ2n) is 4.25. The standard InChI is InChI=1S/C13H24O2/c1-5-6-7-8-9-10-12(14)13(15-4)11(2)3/h5,11,13H,1,6-10H2,2-4H3. The summed E-state index contributed by atoms with van der Waals surface area (Å²) in [4.78, 5) is 11.7. The number of methoxy groups -OCH3 is 1. The molecule has 0 aliphatic heterocycles. The SMILES string of the molecule is C=CCCCCCC(=O)C(OC)C(C)C. The van der Waals surface area contributed by atoms with Gasteiger partial charge in [-0.2, -0.15) is 0 Å². The molecule has 15 heavy (non-hydrogen) atoms. The third kappa shape index (κ3) is 6.45. The summed E-state index contributed by atoms with van der Waals surface area (Å²) < 4.78 is 5.19. The van der Waals surface area contributed by atoms with Crippen LogP contribution in [0.3, 0.4) is 0 Å². The molecule has 2 nitrogen and oxygen atoms in total. The van der Waals surface area contributed by atoms with E-state index in [4.69, 9.17) is 4.74 Å². The highest BCUT2D eigenvalue weighted by Crippen LogP contribution is 2.12. The Hall–Kier alpha value is -0.630. The quantitative estimate of drug-likeness (QED) is 0.432. The molecule has 0 aromatic carbocycles. The van der Waals surface area contributed by atoms with E-state index in [1.807, 2.05) is 19.9 Å². The Morgan fingerprint density at radius 1 is 1.33 bits per heavy atom. The molecule has 0 aromatic heterocycles. The van der Waals surface area contributed by atoms with Crippen molar-refractivity contribution in [1.29, 1.82) is 0 Å². The molecule has 0 spiro atoms. The number of Topliss-reactive ketones (excluding diaryl/α,β-unsaturated/α-hetero) is 1. The van der Waals surface area contributed by atoms with E-state index < -0.39 is 0 Å². The van der Waals surface area contributed by atoms with Gasteiger partial charge in [0.1, 0.15) is 6.10 Å². The molecule has 0 aliphatic carbocycles. The first-order valence-corrected chi connectivity index (χ1v) is 5.79. The van der Waals surface area contributed by atoms with Crippen LogP contribution < -0.4 is 0 Å². The van der Waals surface area contributed by atoms with Gasteiger partial charge >= 0.3 is 0 Å². The van der Waals surface area contributed by atoms with Gasteiger partial charge in [0.25, 0.3) is 0 Å². The maximum absolute atomic E-state index is 11.7. The Balaban J connectivity index is 3.67. The van der Waals surface area contributed by atoms with Crippen molar-refractivity contribution in [3.05, 3.63) is 12.7 Å². The average molecular weight is 212 g/mol. The van der Waals surface area contributed by atoms with Gasteiger partial charge in [-0.3, -0.25) is 4.79 Å². The van der Waals surface area contributed by atoms with Gasteiger partial charge in [0.2, 0.25) is 0 Å². The van der Waals surface area contributed by atoms with Crippen LogP contribution in [0.25, 0.3) is 0 Å². The third-order valence-electron chi connectivity index (χ3n) is 2.51. The van der Waals surface area contributed by atoms with Crippen molar-refractivity contribution in [2.24, 2.45) is 5.92 Å². The van der Waals surface area contributed by atoms with E-state index in [2.05, 4.69) is 6.58 Å². The molecule has 0 amide bonds. The third-order valence-corrected chi connectivity index (χ3v) is 2.51. The highest BCUT2D eigenvalue weighted by molar-refractivity contribution is 5.83. The van der Waals surface area contributed by atoms with Crippen LogP contribution >= 0.6 is 0 Å². The fourth-order valence-corrected chi connectivity index (χ4v) is 1.68. The van der Waals surface area contributed by atoms with E-state index in [-0.39, 0.29) is 17.8 Å². The molecular formula is C13H24O2. The summed E-state index contributed by atoms with van der Waals surface area (Å²) in [5, 5.41) is 0. The minimum Gasteiger partial charge on any atom is -0.373 e. The molecule has 0 aliphatic rings. The number of ether oxygens (including phenoxy) is 1. The predicted octanol–water partition coefficient (Wildman–Crippen LogP) is 3.36. The van der Waals surface area contributed by atoms with Crippen LogP contribution in [0.5, 0.6) is 0 Å². The molecule has 0 N–H and O–H groups in total. The highest BCUT2D eigenvalue weighted by atomic mass is 16.5. The van der Waals surface area contributed by atoms with Gasteiger partial charge in [0.15, 0.2) is 5.78 Å². The number of carbonyl (C=O) groups excluding carboxylic acids is 1. The average Bonchev–Trinajstić information content (AvgIpc) is 2.18. The molecule has 0 saturated heterocycles. The minimum absolute atomic E-state index is 0.218. The molecule has 0 heterocycles. The Labute approximate surface area is 93.7 Å². The minimum atomic E-state index is -0.218. The van der Waals surface area contributed by atoms with Gasteiger partial charge in [-0.15, -0.1) is 6.58 Å². The first kappa shape index (κ1) is 14.4. The van der Waals surface area contributed by atoms with Crippen LogP contribution in [0.15, 0.2) is 12.7 Å². The lowest BCUT2D eigenvalue weighted by molar-refractivity contribution is -0.131. The highest BCUT2D eigenvalue weighted by Gasteiger charge is 2.20. The van der Waals surface area contributed by atoms with Crippen molar-refractivity contribution in [3.63, 3.8) is 0 Å². The largest absolute Gasteiger partial charge is 0.373 e. The lowest BCUT2D eigenvalue weighted by atomic mass is 9.98. The first-order chi connectivity index (χ1) is 7.13. The first-order valence-electron chi connectivity index (χ1n) is 5.79. The molecule has 88 valence electrons. The smallest absolute Gasteiger partial charge is 0.161 e. The fraction of sp³-hybridized carbons (Fsp3) is 0.769. The zero-order chi connectivity index (χ0) is 11.7. The van der Waals surface area contributed by atoms with Crippen LogP contribution in [0.2, 0.25) is 0 Å². The molecule has 0 aromatic rings. The molecular weight excluding hydrogens is 188 g/mol. The van der Waals surface area contributed by atoms with Crippen molar-refractivity contribution in [3.8, 4) is 0 Å². The number of carbonyl (C=O) groups is 1. The Bertz CT molecular complexity index is 185. The van der Waals surface area contributed by atoms with Crippen molar-refractivity contribution in [2.45, 2.75) is 52.1 Å². The van der Waals surface area contributed by atoms with Gasteiger partial charge < -0.3 is 4.74 Å². The van der Waals surface area contributed by atoms with Crippen LogP contribution in [0.4, 0.5) is 0 Å². The van der Waals surface area contributed by atoms with E-state index in [0.717, 1.165) is 25.7 Å². The number of unbranched alkanes of at least 4 members (excludes halogenated alkanes) is 3. The number of hydrogen-bond acceptors (Lipinski definition) is 2. The molecule has 0 radical (unpaired) electrons. The second kappa shape index (κ2) is 8.66. The number of rotatable bonds is 9. The van der Waals surface area contributed by atoms with Crippen LogP contribution in [-0.4, -0.2) is 19.0 Å². The predicted molar refractivity (Wildman–Crippen MR) is 63.9 cm³/mol. The van der Waals surface area contributed by atoms with E-state index in [1.165, 1.54) is 0 Å². The zero-order valence-electron chi connectivity index (χ0n) is 10.3. The summed E-state index contributed by atoms with van der Waals surface area (Å²) in [6.45, 7) is 7.71. The maximum atomic E-state index is 11.7. The normalized spacial score (nSPS) is 12.8. The molecule has 0 saturated carbocycles. The molecule has 0 fully saturated rings. The van der Waals surface area contributed by atoms with Crippen molar-refractivity contribution >= 4 is 5.78 Å². The summed E-state index contributed by atoms with van der Waals surface area (Å²) in [5.74, 6) is 0.516. The topological polar surface area (TPSA) is 26.3 Å². The van der Waals surface area contributed by atoms with Gasteiger partial charge in [-0.05, 0) is 25.2 Å². The summed E-state index contributed by atoms with van der Waals surface area (Å²) in [6.07, 6.45) is 6.61. The lowest BCUT2D eigenvalue weighted by Gasteiger charge is -2.17. The lowest BCUT2D eigenvalue weighted by Crippen LogP contribution is -2.28. The molecule has 0 bridgehead atoms. The number of hydrogen-bond donors (Lipinski definition) is 0. The maximum Gasteiger partial charge on any atom is 0.161 e. The Morgan fingerprint density at radius 3 is 2.47 bits per heavy atom. The molecule has 1 unspecified atom stereocenters. The van der Waals surface area contributed by atoms with E-state index in [1.54, 1.807) is 7.11 Å². The van der Waals surface area contributed by atoms with Crippen molar-refractivity contribution < 1.29 is 9.53 Å². The second-order valence-corrected chi connectivity index (χ2v) is 4.25. The van der Waals surface area contributed by atoms with Gasteiger partial charge in [0, 0.05) is 13.5 Å². The summed E-state index contributed by atoms with van der Waals surface area (Å²) >= 11 is 0. The van der Waals surface area contributed by atoms with Crippen LogP contribution in [0, 0.1) is 5.92 Å². The number of ketones is 1. The zero-order valence-corrected chi connectivity index (χ0v) is 10.3. The number of allylic oxidation sites excluding steroid dienone is 1. The Morgan fingerprint density at radius 2 is 2.00 bits per heavy atom. The fourth-order valence-electron chi connectivity index (χ4n) is 1.68. The van der Waals surface area contributed by atoms with E-state index in [9.17, 15) is 4.79 Å². The van der Waals surface area contributed by atoms with Crippen LogP contribution in [-0.2, 0) is 9.53 Å². The van der Waals surface area contributed by atoms with E-state index in [0.29, 0.717) is 6.42 Å². The Kier molecular flexibility index (Phi) is 8.30. The van der Waals surface area contributed by atoms with Gasteiger partial charge in [-0.1, -0.05) is 26.3 Å². The summed E-state index contributed by atoms with van der Waals surface area (Å²) in [5.41, 5.74) is 0. The van der Waals surface area contributed by atoms with Gasteiger partial charge in [-0.25, -0.2) is 0 Å². The van der Waals surface area contributed by atoms with Crippen molar-refractivity contribution in [1.82, 2.24) is 0 Å². The molecule has 0 rings (SSSR count). The van der Waals surface area contributed by atoms with Crippen LogP contribution in [0.1, 0.15) is 46.0 Å². The summed E-state index contributed by atoms with van der Waals surface area (Å²) in [7, 11) is 1.61. The summed E-state index contributed by atoms with van der Waals surface area (Å²) in [6, 6.07) is 0. The van der Waals surface area contributed by atoms with E-state index >= 15 is 0 Å². The molecule has 2 heteroatoms. The molecule has 1 atom stereocenters. The van der Waals surface area contributed by atoms with Gasteiger partial charge in [0.05, 0.1) is 0 Å².